The van der Waals surface area contributed by atoms with Gasteiger partial charge < -0.3 is 28.9 Å². The van der Waals surface area contributed by atoms with Crippen LogP contribution in [-0.4, -0.2) is 35.6 Å². The largest absolute Gasteiger partial charge is 0.569 e. The summed E-state index contributed by atoms with van der Waals surface area (Å²) >= 11 is 0. The number of aromatic nitrogens is 2. The lowest BCUT2D eigenvalue weighted by atomic mass is 10.4. The molecule has 0 atom stereocenters. The van der Waals surface area contributed by atoms with Gasteiger partial charge in [-0.25, -0.2) is 0 Å². The summed E-state index contributed by atoms with van der Waals surface area (Å²) in [7, 11) is 1.22. The lowest BCUT2D eigenvalue weighted by molar-refractivity contribution is 0.407. The number of H-pyrrole nitrogens is 1. The Labute approximate surface area is 106 Å². The highest BCUT2D eigenvalue weighted by atomic mass is 16.5. The average Bonchev–Trinajstić information content (AvgIpc) is 2.94. The monoisotopic (exact) mass is 252 g/mol. The smallest absolute Gasteiger partial charge is 0.536 e. The molecule has 2 aromatic heterocycles. The second-order valence-corrected chi connectivity index (χ2v) is 2.76. The Morgan fingerprint density at radius 2 is 2.06 bits per heavy atom. The van der Waals surface area contributed by atoms with Gasteiger partial charge in [0.2, 0.25) is 0 Å². The molecular weight excluding hydrogens is 238 g/mol. The molecule has 0 amide bonds. The molecule has 2 rings (SSSR count). The van der Waals surface area contributed by atoms with Crippen molar-refractivity contribution in [3.63, 3.8) is 0 Å². The van der Waals surface area contributed by atoms with Crippen molar-refractivity contribution in [3.8, 4) is 11.5 Å². The van der Waals surface area contributed by atoms with Crippen LogP contribution in [-0.2, 0) is 0 Å². The minimum atomic E-state index is 0. The Morgan fingerprint density at radius 1 is 1.33 bits per heavy atom. The molecule has 0 unspecified atom stereocenters. The molecule has 3 N–H and O–H groups in total. The number of hydrogen-bond donors (Lipinski definition) is 3. The summed E-state index contributed by atoms with van der Waals surface area (Å²) in [6, 6.07) is 1.70. The molecule has 0 saturated carbocycles. The summed E-state index contributed by atoms with van der Waals surface area (Å²) < 4.78 is 13.6. The number of aromatic amines is 1. The minimum Gasteiger partial charge on any atom is -0.536 e. The Kier molecular flexibility index (Phi) is 8.25. The first kappa shape index (κ1) is 16.1. The van der Waals surface area contributed by atoms with Gasteiger partial charge in [-0.2, -0.15) is 0 Å². The second kappa shape index (κ2) is 9.20. The van der Waals surface area contributed by atoms with Gasteiger partial charge in [-0.3, -0.25) is 0 Å². The first-order valence-electron chi connectivity index (χ1n) is 4.56. The zero-order valence-corrected chi connectivity index (χ0v) is 9.03. The zero-order valence-electron chi connectivity index (χ0n) is 9.03. The maximum atomic E-state index is 8.15. The number of nitrogens with zero attached hydrogens (tertiary/aromatic N) is 1. The lowest BCUT2D eigenvalue weighted by Crippen LogP contribution is -1.99. The summed E-state index contributed by atoms with van der Waals surface area (Å²) in [5.74, 6) is 1.03. The first-order chi connectivity index (χ1) is 8.27. The first-order valence-corrected chi connectivity index (χ1v) is 4.56. The molecule has 18 heavy (non-hydrogen) atoms. The van der Waals surface area contributed by atoms with E-state index < -0.39 is 0 Å². The van der Waals surface area contributed by atoms with Crippen LogP contribution in [0.2, 0.25) is 0 Å². The second-order valence-electron chi connectivity index (χ2n) is 2.76. The fourth-order valence-corrected chi connectivity index (χ4v) is 0.896. The number of nitrogens with one attached hydrogen (secondary N) is 1. The van der Waals surface area contributed by atoms with Gasteiger partial charge in [-0.05, 0) is 13.0 Å². The topological polar surface area (TPSA) is 101 Å². The number of aryl methyl sites for hydroxylation is 1. The van der Waals surface area contributed by atoms with Gasteiger partial charge in [0.15, 0.2) is 12.0 Å². The minimum absolute atomic E-state index is 0. The van der Waals surface area contributed by atoms with Crippen LogP contribution in [0, 0.1) is 6.92 Å². The van der Waals surface area contributed by atoms with Gasteiger partial charge >= 0.3 is 15.4 Å². The summed E-state index contributed by atoms with van der Waals surface area (Å²) in [6.07, 6.45) is 4.65. The van der Waals surface area contributed by atoms with Crippen LogP contribution >= 0.6 is 0 Å². The number of hydrogen-bond acceptors (Lipinski definition) is 6. The Bertz CT molecular complexity index is 407. The molecule has 0 saturated heterocycles. The molecule has 9 heteroatoms. The van der Waals surface area contributed by atoms with E-state index in [0.29, 0.717) is 32.6 Å². The quantitative estimate of drug-likeness (QED) is 0.682. The van der Waals surface area contributed by atoms with Crippen molar-refractivity contribution in [1.29, 1.82) is 0 Å². The molecule has 0 aliphatic carbocycles. The van der Waals surface area contributed by atoms with Crippen molar-refractivity contribution in [2.45, 2.75) is 14.4 Å². The lowest BCUT2D eigenvalue weighted by Gasteiger charge is -1.92. The molecule has 0 bridgehead atoms. The molecular formula is C9H14B2N2O5. The van der Waals surface area contributed by atoms with E-state index in [0.717, 1.165) is 0 Å². The molecule has 7 nitrogen and oxygen atoms in total. The van der Waals surface area contributed by atoms with Crippen molar-refractivity contribution in [2.24, 2.45) is 0 Å². The highest BCUT2D eigenvalue weighted by Gasteiger charge is 2.01. The van der Waals surface area contributed by atoms with E-state index >= 15 is 0 Å². The van der Waals surface area contributed by atoms with Crippen LogP contribution in [0.1, 0.15) is 13.1 Å². The Morgan fingerprint density at radius 3 is 2.50 bits per heavy atom. The fourth-order valence-electron chi connectivity index (χ4n) is 0.896. The summed E-state index contributed by atoms with van der Waals surface area (Å²) in [5, 5.41) is 19.7. The third-order valence-corrected chi connectivity index (χ3v) is 1.64. The van der Waals surface area contributed by atoms with Crippen LogP contribution in [0.5, 0.6) is 11.5 Å². The van der Waals surface area contributed by atoms with E-state index in [1.54, 1.807) is 25.4 Å². The Hall–Kier alpha value is -1.86. The van der Waals surface area contributed by atoms with Gasteiger partial charge in [0.05, 0.1) is 0 Å². The van der Waals surface area contributed by atoms with E-state index in [1.165, 1.54) is 6.26 Å². The van der Waals surface area contributed by atoms with Crippen LogP contribution in [0.3, 0.4) is 0 Å². The van der Waals surface area contributed by atoms with Crippen molar-refractivity contribution in [3.05, 3.63) is 30.4 Å². The fraction of sp³-hybridized carbons (Fsp3) is 0.222. The van der Waals surface area contributed by atoms with E-state index in [1.807, 2.05) is 0 Å². The molecule has 2 radical (unpaired) electrons. The van der Waals surface area contributed by atoms with Gasteiger partial charge in [0.1, 0.15) is 11.4 Å². The molecule has 0 aliphatic rings. The maximum absolute atomic E-state index is 8.15. The van der Waals surface area contributed by atoms with Crippen LogP contribution < -0.4 is 9.31 Å². The van der Waals surface area contributed by atoms with Crippen molar-refractivity contribution in [1.82, 2.24) is 10.1 Å². The van der Waals surface area contributed by atoms with Gasteiger partial charge in [-0.1, -0.05) is 12.6 Å². The highest BCUT2D eigenvalue weighted by molar-refractivity contribution is 6.17. The van der Waals surface area contributed by atoms with E-state index in [4.69, 9.17) is 10.0 Å². The van der Waals surface area contributed by atoms with Crippen LogP contribution in [0.15, 0.2) is 29.2 Å². The SMILES string of the molecule is C.Cc1nocc1O[B]O.O[B]Oc1cc[nH]c1. The summed E-state index contributed by atoms with van der Waals surface area (Å²) in [6.45, 7) is 1.71. The normalized spacial score (nSPS) is 8.39. The molecule has 0 aliphatic heterocycles. The van der Waals surface area contributed by atoms with Crippen LogP contribution in [0.25, 0.3) is 0 Å². The van der Waals surface area contributed by atoms with Crippen molar-refractivity contribution >= 4 is 15.4 Å². The summed E-state index contributed by atoms with van der Waals surface area (Å²) in [5.41, 5.74) is 0.611. The van der Waals surface area contributed by atoms with E-state index in [9.17, 15) is 0 Å². The van der Waals surface area contributed by atoms with Gasteiger partial charge in [0.25, 0.3) is 0 Å². The molecule has 0 aromatic carbocycles. The highest BCUT2D eigenvalue weighted by Crippen LogP contribution is 2.13. The van der Waals surface area contributed by atoms with E-state index in [-0.39, 0.29) is 7.43 Å². The van der Waals surface area contributed by atoms with E-state index in [2.05, 4.69) is 24.0 Å². The summed E-state index contributed by atoms with van der Waals surface area (Å²) in [4.78, 5) is 2.76. The predicted molar refractivity (Wildman–Crippen MR) is 66.0 cm³/mol. The molecule has 2 aromatic rings. The third-order valence-electron chi connectivity index (χ3n) is 1.64. The standard InChI is InChI=1S/C4H5BNO3.C4H5BNO2.CH4/c1-3-4(9-5-7)2-8-6-3;7-5-8-4-1-2-6-3-4;/h2,7H,1H3;1-3,6-7H;1H4. The van der Waals surface area contributed by atoms with Crippen molar-refractivity contribution < 1.29 is 23.9 Å². The average molecular weight is 252 g/mol. The third kappa shape index (κ3) is 5.46. The molecule has 0 fully saturated rings. The molecule has 96 valence electrons. The van der Waals surface area contributed by atoms with Crippen molar-refractivity contribution in [2.75, 3.05) is 0 Å². The number of rotatable bonds is 4. The molecule has 2 heterocycles. The van der Waals surface area contributed by atoms with Gasteiger partial charge in [0, 0.05) is 12.4 Å². The zero-order chi connectivity index (χ0) is 12.5. The maximum Gasteiger partial charge on any atom is 0.569 e. The molecule has 0 spiro atoms. The predicted octanol–water partition coefficient (Wildman–Crippen LogP) is 0.444. The van der Waals surface area contributed by atoms with Gasteiger partial charge in [-0.15, -0.1) is 0 Å². The van der Waals surface area contributed by atoms with Crippen LogP contribution in [0.4, 0.5) is 0 Å². The Balaban J connectivity index is 0.000000306.